The van der Waals surface area contributed by atoms with Gasteiger partial charge in [-0.15, -0.1) is 0 Å². The minimum atomic E-state index is -4.52. The third-order valence-corrected chi connectivity index (χ3v) is 13.6. The molecule has 0 radical (unpaired) electrons. The number of hydrogen-bond donors (Lipinski definition) is 3. The smallest absolute Gasteiger partial charge is 0.457 e. The molecule has 9 nitrogen and oxygen atoms in total. The van der Waals surface area contributed by atoms with E-state index in [2.05, 4.69) is 38.2 Å². The highest BCUT2D eigenvalue weighted by Gasteiger charge is 2.26. The summed E-state index contributed by atoms with van der Waals surface area (Å²) in [5.41, 5.74) is 0. The molecule has 0 saturated carbocycles. The summed E-state index contributed by atoms with van der Waals surface area (Å²) in [5.74, 6) is -0.380. The topological polar surface area (TPSA) is 132 Å². The number of hydrogen-bond acceptors (Lipinski definition) is 8. The number of rotatable bonds is 55. The van der Waals surface area contributed by atoms with Crippen LogP contribution in [-0.4, -0.2) is 66.3 Å². The number of allylic oxidation sites excluding steroid dienone is 4. The summed E-state index contributed by atoms with van der Waals surface area (Å²) < 4.78 is 33.6. The average molecular weight is 957 g/mol. The monoisotopic (exact) mass is 957 g/mol. The van der Waals surface area contributed by atoms with Crippen molar-refractivity contribution in [2.45, 2.75) is 296 Å². The Kier molecular flexibility index (Phi) is 52.4. The number of aliphatic hydroxyl groups excluding tert-OH is 2. The van der Waals surface area contributed by atoms with Gasteiger partial charge in [-0.3, -0.25) is 13.8 Å². The van der Waals surface area contributed by atoms with Crippen LogP contribution in [-0.2, 0) is 27.9 Å². The highest BCUT2D eigenvalue weighted by Crippen LogP contribution is 2.43. The standard InChI is InChI=1S/C56H109O9P/c1-3-5-7-9-11-13-15-17-19-21-23-25-26-27-29-31-33-35-37-39-41-43-45-47-49-62-52-55(53-64-66(60,61)63-51-54(58)50-57)65-56(59)48-46-44-42-40-38-36-34-32-30-28-24-22-20-18-16-14-12-10-8-6-4-2/h16,18,22,24,54-55,57-58H,3-15,17,19-21,23,25-53H2,1-2H3,(H,60,61)/b18-16-,24-22-. The molecule has 0 aliphatic carbocycles. The first-order valence-corrected chi connectivity index (χ1v) is 29.8. The predicted octanol–water partition coefficient (Wildman–Crippen LogP) is 16.9. The number of carbonyl (C=O) groups is 1. The SMILES string of the molecule is CCCCCCC/C=C\C/C=C\CCCCCCCCCCCC(=O)OC(COCCCCCCCCCCCCCCCCCCCCCCCCCC)COP(=O)(O)OCC(O)CO. The van der Waals surface area contributed by atoms with Crippen molar-refractivity contribution in [3.8, 4) is 0 Å². The van der Waals surface area contributed by atoms with Crippen LogP contribution in [0.4, 0.5) is 0 Å². The molecule has 0 heterocycles. The molecule has 3 N–H and O–H groups in total. The average Bonchev–Trinajstić information content (AvgIpc) is 3.31. The Hall–Kier alpha value is -1.06. The number of aliphatic hydroxyl groups is 2. The van der Waals surface area contributed by atoms with Gasteiger partial charge < -0.3 is 24.6 Å². The second kappa shape index (κ2) is 53.3. The Morgan fingerprint density at radius 1 is 0.470 bits per heavy atom. The van der Waals surface area contributed by atoms with Crippen molar-refractivity contribution in [2.75, 3.05) is 33.0 Å². The van der Waals surface area contributed by atoms with Crippen LogP contribution in [0.15, 0.2) is 24.3 Å². The summed E-state index contributed by atoms with van der Waals surface area (Å²) in [5, 5.41) is 18.5. The van der Waals surface area contributed by atoms with Crippen molar-refractivity contribution < 1.29 is 43.0 Å². The van der Waals surface area contributed by atoms with E-state index in [1.807, 2.05) is 0 Å². The van der Waals surface area contributed by atoms with Gasteiger partial charge in [-0.1, -0.05) is 256 Å². The van der Waals surface area contributed by atoms with Crippen LogP contribution in [0.25, 0.3) is 0 Å². The van der Waals surface area contributed by atoms with E-state index in [1.165, 1.54) is 225 Å². The molecule has 3 atom stereocenters. The Bertz CT molecular complexity index is 1090. The van der Waals surface area contributed by atoms with E-state index >= 15 is 0 Å². The highest BCUT2D eigenvalue weighted by atomic mass is 31.2. The largest absolute Gasteiger partial charge is 0.472 e. The minimum Gasteiger partial charge on any atom is -0.457 e. The van der Waals surface area contributed by atoms with E-state index in [0.717, 1.165) is 38.5 Å². The molecule has 0 rings (SSSR count). The summed E-state index contributed by atoms with van der Waals surface area (Å²) in [6.45, 7) is 3.58. The molecule has 0 amide bonds. The molecule has 3 unspecified atom stereocenters. The van der Waals surface area contributed by atoms with Gasteiger partial charge in [0.15, 0.2) is 0 Å². The minimum absolute atomic E-state index is 0.0529. The van der Waals surface area contributed by atoms with Gasteiger partial charge in [0.1, 0.15) is 12.2 Å². The predicted molar refractivity (Wildman–Crippen MR) is 279 cm³/mol. The molecule has 0 saturated heterocycles. The first kappa shape index (κ1) is 64.9. The zero-order valence-electron chi connectivity index (χ0n) is 43.4. The van der Waals surface area contributed by atoms with Crippen LogP contribution in [0.2, 0.25) is 0 Å². The molecule has 10 heteroatoms. The lowest BCUT2D eigenvalue weighted by molar-refractivity contribution is -0.154. The quantitative estimate of drug-likeness (QED) is 0.0236. The summed E-state index contributed by atoms with van der Waals surface area (Å²) in [6, 6.07) is 0. The molecule has 0 aromatic carbocycles. The van der Waals surface area contributed by atoms with Gasteiger partial charge in [-0.25, -0.2) is 4.57 Å². The molecular weight excluding hydrogens is 848 g/mol. The molecule has 0 aliphatic heterocycles. The second-order valence-corrected chi connectivity index (χ2v) is 20.8. The maximum absolute atomic E-state index is 12.7. The number of carbonyl (C=O) groups excluding carboxylic acids is 1. The van der Waals surface area contributed by atoms with Crippen LogP contribution in [0.5, 0.6) is 0 Å². The van der Waals surface area contributed by atoms with E-state index in [1.54, 1.807) is 0 Å². The molecule has 0 spiro atoms. The molecule has 0 aromatic heterocycles. The van der Waals surface area contributed by atoms with Crippen molar-refractivity contribution in [1.82, 2.24) is 0 Å². The lowest BCUT2D eigenvalue weighted by atomic mass is 10.0. The fourth-order valence-electron chi connectivity index (χ4n) is 8.33. The second-order valence-electron chi connectivity index (χ2n) is 19.3. The number of esters is 1. The van der Waals surface area contributed by atoms with Gasteiger partial charge in [0.25, 0.3) is 0 Å². The maximum Gasteiger partial charge on any atom is 0.472 e. The Morgan fingerprint density at radius 2 is 0.818 bits per heavy atom. The van der Waals surface area contributed by atoms with E-state index in [0.29, 0.717) is 6.61 Å². The van der Waals surface area contributed by atoms with Crippen molar-refractivity contribution >= 4 is 13.8 Å². The fraction of sp³-hybridized carbons (Fsp3) is 0.911. The van der Waals surface area contributed by atoms with Gasteiger partial charge in [0, 0.05) is 13.0 Å². The Labute approximate surface area is 408 Å². The van der Waals surface area contributed by atoms with Crippen LogP contribution >= 0.6 is 7.82 Å². The lowest BCUT2D eigenvalue weighted by Crippen LogP contribution is -2.29. The molecular formula is C56H109O9P. The summed E-state index contributed by atoms with van der Waals surface area (Å²) >= 11 is 0. The van der Waals surface area contributed by atoms with Crippen molar-refractivity contribution in [3.63, 3.8) is 0 Å². The van der Waals surface area contributed by atoms with Gasteiger partial charge >= 0.3 is 13.8 Å². The first-order valence-electron chi connectivity index (χ1n) is 28.3. The highest BCUT2D eigenvalue weighted by molar-refractivity contribution is 7.47. The van der Waals surface area contributed by atoms with Crippen LogP contribution in [0, 0.1) is 0 Å². The van der Waals surface area contributed by atoms with Crippen LogP contribution < -0.4 is 0 Å². The Morgan fingerprint density at radius 3 is 1.21 bits per heavy atom. The number of phosphoric acid groups is 1. The van der Waals surface area contributed by atoms with Gasteiger partial charge in [-0.2, -0.15) is 0 Å². The molecule has 0 aromatic rings. The van der Waals surface area contributed by atoms with Crippen molar-refractivity contribution in [3.05, 3.63) is 24.3 Å². The summed E-state index contributed by atoms with van der Waals surface area (Å²) in [4.78, 5) is 22.7. The third kappa shape index (κ3) is 52.3. The van der Waals surface area contributed by atoms with Gasteiger partial charge in [-0.05, 0) is 44.9 Å². The van der Waals surface area contributed by atoms with E-state index in [-0.39, 0.29) is 25.6 Å². The lowest BCUT2D eigenvalue weighted by Gasteiger charge is -2.20. The van der Waals surface area contributed by atoms with Crippen molar-refractivity contribution in [2.24, 2.45) is 0 Å². The normalized spacial score (nSPS) is 13.8. The van der Waals surface area contributed by atoms with Gasteiger partial charge in [0.05, 0.1) is 26.4 Å². The molecule has 0 fully saturated rings. The maximum atomic E-state index is 12.7. The Balaban J connectivity index is 3.98. The molecule has 0 bridgehead atoms. The third-order valence-electron chi connectivity index (χ3n) is 12.6. The molecule has 0 aliphatic rings. The fourth-order valence-corrected chi connectivity index (χ4v) is 9.12. The molecule has 66 heavy (non-hydrogen) atoms. The van der Waals surface area contributed by atoms with Crippen LogP contribution in [0.1, 0.15) is 284 Å². The van der Waals surface area contributed by atoms with E-state index in [9.17, 15) is 19.4 Å². The zero-order chi connectivity index (χ0) is 48.1. The van der Waals surface area contributed by atoms with Crippen LogP contribution in [0.3, 0.4) is 0 Å². The van der Waals surface area contributed by atoms with Crippen molar-refractivity contribution in [1.29, 1.82) is 0 Å². The van der Waals surface area contributed by atoms with E-state index < -0.39 is 33.2 Å². The number of ether oxygens (including phenoxy) is 2. The number of phosphoric ester groups is 1. The zero-order valence-corrected chi connectivity index (χ0v) is 44.3. The molecule has 392 valence electrons. The van der Waals surface area contributed by atoms with E-state index in [4.69, 9.17) is 23.6 Å². The first-order chi connectivity index (χ1) is 32.3. The summed E-state index contributed by atoms with van der Waals surface area (Å²) in [6.07, 6.45) is 60.1. The summed E-state index contributed by atoms with van der Waals surface area (Å²) in [7, 11) is -4.52. The number of unbranched alkanes of at least 4 members (excludes halogenated alkanes) is 37. The van der Waals surface area contributed by atoms with Gasteiger partial charge in [0.2, 0.25) is 0 Å².